The number of amides is 1. The van der Waals surface area contributed by atoms with Gasteiger partial charge in [0.1, 0.15) is 29.8 Å². The molecule has 2 aliphatic heterocycles. The number of aliphatic hydroxyl groups excluding tert-OH is 1. The number of carbonyl (C=O) groups excluding carboxylic acids is 2. The zero-order chi connectivity index (χ0) is 27.8. The van der Waals surface area contributed by atoms with Crippen molar-refractivity contribution in [1.82, 2.24) is 0 Å². The summed E-state index contributed by atoms with van der Waals surface area (Å²) in [5.74, 6) is -3.06. The molecular formula is C29H26F2N2O6. The van der Waals surface area contributed by atoms with Crippen molar-refractivity contribution in [2.24, 2.45) is 0 Å². The molecule has 1 atom stereocenters. The van der Waals surface area contributed by atoms with Crippen LogP contribution in [0, 0.1) is 11.6 Å². The van der Waals surface area contributed by atoms with Gasteiger partial charge >= 0.3 is 0 Å². The quantitative estimate of drug-likeness (QED) is 0.274. The highest BCUT2D eigenvalue weighted by Gasteiger charge is 2.48. The first-order valence-corrected chi connectivity index (χ1v) is 12.3. The molecule has 1 N–H and O–H groups in total. The Bertz CT molecular complexity index is 1510. The Kier molecular flexibility index (Phi) is 6.86. The predicted molar refractivity (Wildman–Crippen MR) is 141 cm³/mol. The number of Topliss-reactive ketones (excluding diaryl/α,β-unsaturated/α-hetero) is 1. The summed E-state index contributed by atoms with van der Waals surface area (Å²) in [4.78, 5) is 29.7. The van der Waals surface area contributed by atoms with Gasteiger partial charge in [0.15, 0.2) is 11.5 Å². The molecule has 8 nitrogen and oxygen atoms in total. The SMILES string of the molecule is CCOc1cc(C2/C(=C(\O)c3ccc4c(c3)N(C)CCO4)C(=O)C(=O)N2c2ccc(F)cc2F)ccc1OC. The highest BCUT2D eigenvalue weighted by Crippen LogP contribution is 2.45. The maximum absolute atomic E-state index is 15.0. The second-order valence-corrected chi connectivity index (χ2v) is 9.06. The molecule has 3 aromatic carbocycles. The van der Waals surface area contributed by atoms with Gasteiger partial charge in [0.25, 0.3) is 11.7 Å². The first kappa shape index (κ1) is 26.0. The van der Waals surface area contributed by atoms with Gasteiger partial charge in [-0.1, -0.05) is 6.07 Å². The third kappa shape index (κ3) is 4.52. The van der Waals surface area contributed by atoms with E-state index in [1.807, 2.05) is 11.9 Å². The van der Waals surface area contributed by atoms with E-state index in [0.29, 0.717) is 54.3 Å². The summed E-state index contributed by atoms with van der Waals surface area (Å²) in [7, 11) is 3.34. The van der Waals surface area contributed by atoms with E-state index in [1.54, 1.807) is 43.3 Å². The molecule has 202 valence electrons. The molecule has 2 aliphatic rings. The summed E-state index contributed by atoms with van der Waals surface area (Å²) in [5.41, 5.74) is 0.753. The Labute approximate surface area is 223 Å². The maximum atomic E-state index is 15.0. The third-order valence-electron chi connectivity index (χ3n) is 6.74. The fourth-order valence-corrected chi connectivity index (χ4v) is 4.86. The molecule has 1 unspecified atom stereocenters. The zero-order valence-electron chi connectivity index (χ0n) is 21.5. The van der Waals surface area contributed by atoms with Crippen molar-refractivity contribution in [2.45, 2.75) is 13.0 Å². The number of anilines is 2. The number of benzene rings is 3. The van der Waals surface area contributed by atoms with E-state index in [0.717, 1.165) is 17.0 Å². The van der Waals surface area contributed by atoms with Crippen LogP contribution in [-0.2, 0) is 9.59 Å². The van der Waals surface area contributed by atoms with Crippen LogP contribution in [0.1, 0.15) is 24.1 Å². The Hall–Kier alpha value is -4.60. The highest BCUT2D eigenvalue weighted by molar-refractivity contribution is 6.51. The molecule has 5 rings (SSSR count). The average molecular weight is 537 g/mol. The smallest absolute Gasteiger partial charge is 0.300 e. The number of carbonyl (C=O) groups is 2. The molecule has 1 amide bonds. The second kappa shape index (κ2) is 10.3. The van der Waals surface area contributed by atoms with Crippen LogP contribution in [0.25, 0.3) is 5.76 Å². The van der Waals surface area contributed by atoms with Crippen molar-refractivity contribution in [2.75, 3.05) is 43.7 Å². The number of rotatable bonds is 6. The lowest BCUT2D eigenvalue weighted by molar-refractivity contribution is -0.132. The van der Waals surface area contributed by atoms with E-state index in [-0.39, 0.29) is 16.8 Å². The van der Waals surface area contributed by atoms with Crippen molar-refractivity contribution in [1.29, 1.82) is 0 Å². The Morgan fingerprint density at radius 2 is 1.85 bits per heavy atom. The normalized spacial score (nSPS) is 18.1. The molecule has 2 heterocycles. The van der Waals surface area contributed by atoms with E-state index in [2.05, 4.69) is 0 Å². The minimum atomic E-state index is -1.25. The van der Waals surface area contributed by atoms with Crippen LogP contribution in [0.2, 0.25) is 0 Å². The lowest BCUT2D eigenvalue weighted by Gasteiger charge is -2.28. The molecule has 1 fully saturated rings. The van der Waals surface area contributed by atoms with Gasteiger partial charge in [-0.3, -0.25) is 14.5 Å². The second-order valence-electron chi connectivity index (χ2n) is 9.06. The molecule has 0 aromatic heterocycles. The summed E-state index contributed by atoms with van der Waals surface area (Å²) in [6, 6.07) is 11.1. The summed E-state index contributed by atoms with van der Waals surface area (Å²) < 4.78 is 45.5. The predicted octanol–water partition coefficient (Wildman–Crippen LogP) is 4.83. The topological polar surface area (TPSA) is 88.5 Å². The average Bonchev–Trinajstić information content (AvgIpc) is 3.18. The van der Waals surface area contributed by atoms with Crippen LogP contribution in [-0.4, -0.2) is 50.7 Å². The van der Waals surface area contributed by atoms with Crippen molar-refractivity contribution in [3.63, 3.8) is 0 Å². The molecule has 39 heavy (non-hydrogen) atoms. The fraction of sp³-hybridized carbons (Fsp3) is 0.241. The number of methoxy groups -OCH3 is 1. The monoisotopic (exact) mass is 536 g/mol. The van der Waals surface area contributed by atoms with Gasteiger partial charge in [-0.2, -0.15) is 0 Å². The number of ether oxygens (including phenoxy) is 3. The first-order valence-electron chi connectivity index (χ1n) is 12.3. The molecule has 0 spiro atoms. The van der Waals surface area contributed by atoms with Crippen LogP contribution in [0.5, 0.6) is 17.2 Å². The zero-order valence-corrected chi connectivity index (χ0v) is 21.5. The van der Waals surface area contributed by atoms with E-state index >= 15 is 4.39 Å². The summed E-state index contributed by atoms with van der Waals surface area (Å²) in [6.07, 6.45) is 0. The molecule has 3 aromatic rings. The van der Waals surface area contributed by atoms with E-state index in [9.17, 15) is 19.1 Å². The van der Waals surface area contributed by atoms with Gasteiger partial charge < -0.3 is 24.2 Å². The number of aliphatic hydroxyl groups is 1. The Morgan fingerprint density at radius 3 is 2.56 bits per heavy atom. The molecule has 10 heteroatoms. The fourth-order valence-electron chi connectivity index (χ4n) is 4.86. The number of hydrogen-bond donors (Lipinski definition) is 1. The van der Waals surface area contributed by atoms with Crippen LogP contribution in [0.3, 0.4) is 0 Å². The largest absolute Gasteiger partial charge is 0.507 e. The van der Waals surface area contributed by atoms with Crippen LogP contribution < -0.4 is 24.0 Å². The minimum absolute atomic E-state index is 0.254. The maximum Gasteiger partial charge on any atom is 0.300 e. The third-order valence-corrected chi connectivity index (χ3v) is 6.74. The number of nitrogens with zero attached hydrogens (tertiary/aromatic N) is 2. The van der Waals surface area contributed by atoms with Gasteiger partial charge in [0.2, 0.25) is 0 Å². The van der Waals surface area contributed by atoms with E-state index in [4.69, 9.17) is 14.2 Å². The van der Waals surface area contributed by atoms with E-state index in [1.165, 1.54) is 7.11 Å². The molecule has 0 radical (unpaired) electrons. The summed E-state index contributed by atoms with van der Waals surface area (Å²) in [6.45, 7) is 3.21. The van der Waals surface area contributed by atoms with Crippen molar-refractivity contribution in [3.8, 4) is 17.2 Å². The summed E-state index contributed by atoms with van der Waals surface area (Å²) in [5, 5.41) is 11.5. The number of ketones is 1. The van der Waals surface area contributed by atoms with Gasteiger partial charge in [-0.05, 0) is 55.0 Å². The van der Waals surface area contributed by atoms with Crippen LogP contribution in [0.15, 0.2) is 60.2 Å². The summed E-state index contributed by atoms with van der Waals surface area (Å²) >= 11 is 0. The Morgan fingerprint density at radius 1 is 1.05 bits per heavy atom. The Balaban J connectivity index is 1.73. The van der Waals surface area contributed by atoms with Crippen LogP contribution >= 0.6 is 0 Å². The van der Waals surface area contributed by atoms with Gasteiger partial charge in [0, 0.05) is 18.7 Å². The van der Waals surface area contributed by atoms with E-state index < -0.39 is 35.1 Å². The molecule has 0 saturated carbocycles. The van der Waals surface area contributed by atoms with Crippen molar-refractivity contribution < 1.29 is 37.7 Å². The van der Waals surface area contributed by atoms with Crippen molar-refractivity contribution in [3.05, 3.63) is 82.9 Å². The number of halogens is 2. The first-order chi connectivity index (χ1) is 18.7. The minimum Gasteiger partial charge on any atom is -0.507 e. The van der Waals surface area contributed by atoms with Crippen molar-refractivity contribution >= 4 is 28.8 Å². The van der Waals surface area contributed by atoms with Crippen LogP contribution in [0.4, 0.5) is 20.2 Å². The molecule has 0 aliphatic carbocycles. The standard InChI is InChI=1S/C29H26F2N2O6/c1-4-38-24-14-16(5-10-23(24)37-3)26-25(27(34)17-6-9-22-21(13-17)32(2)11-12-39-22)28(35)29(36)33(26)20-8-7-18(30)15-19(20)31/h5-10,13-15,26,34H,4,11-12H2,1-3H3/b27-25+. The van der Waals surface area contributed by atoms with Gasteiger partial charge in [-0.25, -0.2) is 8.78 Å². The lowest BCUT2D eigenvalue weighted by Crippen LogP contribution is -2.30. The number of hydrogen-bond acceptors (Lipinski definition) is 7. The number of likely N-dealkylation sites (N-methyl/N-ethyl adjacent to an activating group) is 1. The molecule has 1 saturated heterocycles. The lowest BCUT2D eigenvalue weighted by atomic mass is 9.94. The highest BCUT2D eigenvalue weighted by atomic mass is 19.1. The van der Waals surface area contributed by atoms with Gasteiger partial charge in [-0.15, -0.1) is 0 Å². The van der Waals surface area contributed by atoms with Gasteiger partial charge in [0.05, 0.1) is 43.3 Å². The molecular weight excluding hydrogens is 510 g/mol. The molecule has 0 bridgehead atoms. The number of fused-ring (bicyclic) bond motifs is 1.